The molecule has 128 valence electrons. The van der Waals surface area contributed by atoms with Crippen LogP contribution in [0, 0.1) is 0 Å². The highest BCUT2D eigenvalue weighted by Gasteiger charge is 2.17. The van der Waals surface area contributed by atoms with Gasteiger partial charge < -0.3 is 9.15 Å². The first-order valence-electron chi connectivity index (χ1n) is 8.57. The highest BCUT2D eigenvalue weighted by Crippen LogP contribution is 2.33. The Morgan fingerprint density at radius 1 is 0.808 bits per heavy atom. The normalized spacial score (nSPS) is 10.7. The number of aromatic nitrogens is 1. The first-order chi connectivity index (χ1) is 12.8. The lowest BCUT2D eigenvalue weighted by atomic mass is 10.1. The molecule has 0 aliphatic heterocycles. The molecule has 0 bridgehead atoms. The smallest absolute Gasteiger partial charge is 0.199 e. The largest absolute Gasteiger partial charge is 0.497 e. The summed E-state index contributed by atoms with van der Waals surface area (Å²) in [6.07, 6.45) is 0.615. The lowest BCUT2D eigenvalue weighted by Crippen LogP contribution is -1.90. The van der Waals surface area contributed by atoms with Gasteiger partial charge in [0.15, 0.2) is 11.7 Å². The summed E-state index contributed by atoms with van der Waals surface area (Å²) < 4.78 is 11.5. The van der Waals surface area contributed by atoms with Crippen LogP contribution < -0.4 is 4.74 Å². The maximum absolute atomic E-state index is 6.18. The minimum Gasteiger partial charge on any atom is -0.497 e. The van der Waals surface area contributed by atoms with E-state index >= 15 is 0 Å². The number of oxazole rings is 1. The maximum atomic E-state index is 6.18. The van der Waals surface area contributed by atoms with Crippen molar-refractivity contribution in [2.75, 3.05) is 7.11 Å². The molecular formula is C23H19NO2. The van der Waals surface area contributed by atoms with Gasteiger partial charge in [0.1, 0.15) is 11.4 Å². The van der Waals surface area contributed by atoms with Crippen LogP contribution in [0.25, 0.3) is 22.6 Å². The van der Waals surface area contributed by atoms with E-state index in [-0.39, 0.29) is 0 Å². The van der Waals surface area contributed by atoms with Gasteiger partial charge >= 0.3 is 0 Å². The Kier molecular flexibility index (Phi) is 4.52. The molecule has 0 amide bonds. The number of nitrogens with zero attached hydrogens (tertiary/aromatic N) is 1. The van der Waals surface area contributed by atoms with E-state index in [1.54, 1.807) is 7.11 Å². The molecule has 0 unspecified atom stereocenters. The minimum atomic E-state index is 0.615. The summed E-state index contributed by atoms with van der Waals surface area (Å²) in [4.78, 5) is 4.80. The van der Waals surface area contributed by atoms with Crippen LogP contribution in [0.2, 0.25) is 0 Å². The van der Waals surface area contributed by atoms with E-state index < -0.39 is 0 Å². The van der Waals surface area contributed by atoms with Crippen LogP contribution in [-0.4, -0.2) is 12.1 Å². The molecule has 0 aliphatic rings. The summed E-state index contributed by atoms with van der Waals surface area (Å²) in [6.45, 7) is 0. The summed E-state index contributed by atoms with van der Waals surface area (Å²) in [5.74, 6) is 2.33. The number of benzene rings is 3. The van der Waals surface area contributed by atoms with Crippen molar-refractivity contribution in [3.63, 3.8) is 0 Å². The molecule has 0 aliphatic carbocycles. The predicted octanol–water partition coefficient (Wildman–Crippen LogP) is 5.61. The van der Waals surface area contributed by atoms with Gasteiger partial charge in [0.25, 0.3) is 0 Å². The first-order valence-corrected chi connectivity index (χ1v) is 8.57. The van der Waals surface area contributed by atoms with Crippen molar-refractivity contribution in [3.8, 4) is 28.3 Å². The Balaban J connectivity index is 1.76. The number of hydrogen-bond donors (Lipinski definition) is 0. The fourth-order valence-corrected chi connectivity index (χ4v) is 2.97. The van der Waals surface area contributed by atoms with E-state index in [0.29, 0.717) is 12.3 Å². The Morgan fingerprint density at radius 3 is 2.19 bits per heavy atom. The maximum Gasteiger partial charge on any atom is 0.199 e. The molecule has 1 aromatic heterocycles. The Hall–Kier alpha value is -3.33. The van der Waals surface area contributed by atoms with Crippen LogP contribution in [0.5, 0.6) is 5.75 Å². The fraction of sp³-hybridized carbons (Fsp3) is 0.0870. The zero-order chi connectivity index (χ0) is 17.8. The third-order valence-electron chi connectivity index (χ3n) is 4.24. The van der Waals surface area contributed by atoms with Gasteiger partial charge in [0.2, 0.25) is 0 Å². The zero-order valence-electron chi connectivity index (χ0n) is 14.6. The summed E-state index contributed by atoms with van der Waals surface area (Å²) in [5.41, 5.74) is 4.04. The molecule has 0 saturated heterocycles. The molecule has 0 saturated carbocycles. The van der Waals surface area contributed by atoms with Gasteiger partial charge in [-0.3, -0.25) is 0 Å². The average Bonchev–Trinajstić information content (AvgIpc) is 3.13. The lowest BCUT2D eigenvalue weighted by Gasteiger charge is -2.02. The van der Waals surface area contributed by atoms with Crippen molar-refractivity contribution in [1.29, 1.82) is 0 Å². The van der Waals surface area contributed by atoms with E-state index in [1.165, 1.54) is 0 Å². The van der Waals surface area contributed by atoms with Gasteiger partial charge in [0, 0.05) is 17.5 Å². The molecule has 0 fully saturated rings. The molecule has 0 N–H and O–H groups in total. The van der Waals surface area contributed by atoms with Crippen molar-refractivity contribution in [3.05, 3.63) is 96.4 Å². The van der Waals surface area contributed by atoms with Gasteiger partial charge in [-0.1, -0.05) is 72.8 Å². The van der Waals surface area contributed by atoms with Gasteiger partial charge in [-0.05, 0) is 17.7 Å². The summed E-state index contributed by atoms with van der Waals surface area (Å²) in [7, 11) is 1.67. The van der Waals surface area contributed by atoms with Crippen molar-refractivity contribution >= 4 is 0 Å². The van der Waals surface area contributed by atoms with E-state index in [9.17, 15) is 0 Å². The molecule has 3 aromatic carbocycles. The van der Waals surface area contributed by atoms with Crippen LogP contribution >= 0.6 is 0 Å². The van der Waals surface area contributed by atoms with E-state index in [1.807, 2.05) is 66.7 Å². The Morgan fingerprint density at radius 2 is 1.50 bits per heavy atom. The highest BCUT2D eigenvalue weighted by molar-refractivity contribution is 5.76. The summed E-state index contributed by atoms with van der Waals surface area (Å²) in [5, 5.41) is 0. The quantitative estimate of drug-likeness (QED) is 0.473. The van der Waals surface area contributed by atoms with Crippen molar-refractivity contribution < 1.29 is 9.15 Å². The Labute approximate surface area is 152 Å². The predicted molar refractivity (Wildman–Crippen MR) is 103 cm³/mol. The van der Waals surface area contributed by atoms with Gasteiger partial charge in [-0.15, -0.1) is 0 Å². The van der Waals surface area contributed by atoms with Gasteiger partial charge in [-0.25, -0.2) is 4.98 Å². The molecule has 3 nitrogen and oxygen atoms in total. The van der Waals surface area contributed by atoms with Crippen LogP contribution in [0.1, 0.15) is 11.5 Å². The van der Waals surface area contributed by atoms with Crippen LogP contribution in [0.15, 0.2) is 89.3 Å². The number of ether oxygens (including phenoxy) is 1. The molecule has 3 heteroatoms. The molecule has 26 heavy (non-hydrogen) atoms. The van der Waals surface area contributed by atoms with Crippen molar-refractivity contribution in [2.45, 2.75) is 6.42 Å². The SMILES string of the molecule is COc1cccc(Cc2nc(-c3ccccc3)c(-c3ccccc3)o2)c1. The molecule has 0 atom stereocenters. The second kappa shape index (κ2) is 7.28. The topological polar surface area (TPSA) is 35.3 Å². The van der Waals surface area contributed by atoms with Crippen molar-refractivity contribution in [2.24, 2.45) is 0 Å². The zero-order valence-corrected chi connectivity index (χ0v) is 14.6. The molecule has 0 spiro atoms. The van der Waals surface area contributed by atoms with Crippen LogP contribution in [0.4, 0.5) is 0 Å². The summed E-state index contributed by atoms with van der Waals surface area (Å²) in [6, 6.07) is 28.2. The van der Waals surface area contributed by atoms with Gasteiger partial charge in [0.05, 0.1) is 7.11 Å². The monoisotopic (exact) mass is 341 g/mol. The number of hydrogen-bond acceptors (Lipinski definition) is 3. The third-order valence-corrected chi connectivity index (χ3v) is 4.24. The first kappa shape index (κ1) is 16.2. The number of methoxy groups -OCH3 is 1. The molecule has 0 radical (unpaired) electrons. The van der Waals surface area contributed by atoms with Crippen molar-refractivity contribution in [1.82, 2.24) is 4.98 Å². The second-order valence-electron chi connectivity index (χ2n) is 6.05. The molecule has 1 heterocycles. The third kappa shape index (κ3) is 3.38. The van der Waals surface area contributed by atoms with Crippen LogP contribution in [-0.2, 0) is 6.42 Å². The standard InChI is InChI=1S/C23H19NO2/c1-25-20-14-8-9-17(15-20)16-21-24-22(18-10-4-2-5-11-18)23(26-21)19-12-6-3-7-13-19/h2-15H,16H2,1H3. The van der Waals surface area contributed by atoms with E-state index in [2.05, 4.69) is 18.2 Å². The minimum absolute atomic E-state index is 0.615. The Bertz CT molecular complexity index is 934. The molecule has 4 rings (SSSR count). The fourth-order valence-electron chi connectivity index (χ4n) is 2.97. The summed E-state index contributed by atoms with van der Waals surface area (Å²) >= 11 is 0. The van der Waals surface area contributed by atoms with Gasteiger partial charge in [-0.2, -0.15) is 0 Å². The van der Waals surface area contributed by atoms with E-state index in [4.69, 9.17) is 14.1 Å². The second-order valence-corrected chi connectivity index (χ2v) is 6.05. The highest BCUT2D eigenvalue weighted by atomic mass is 16.5. The molecular weight excluding hydrogens is 322 g/mol. The lowest BCUT2D eigenvalue weighted by molar-refractivity contribution is 0.414. The molecule has 4 aromatic rings. The van der Waals surface area contributed by atoms with Crippen LogP contribution in [0.3, 0.4) is 0 Å². The number of rotatable bonds is 5. The van der Waals surface area contributed by atoms with E-state index in [0.717, 1.165) is 33.9 Å². The average molecular weight is 341 g/mol.